The number of carbonyl (C=O) groups is 1. The lowest BCUT2D eigenvalue weighted by atomic mass is 9.96. The molecule has 4 heteroatoms. The van der Waals surface area contributed by atoms with Crippen molar-refractivity contribution >= 4 is 5.91 Å². The van der Waals surface area contributed by atoms with Gasteiger partial charge in [-0.1, -0.05) is 6.92 Å². The predicted molar refractivity (Wildman–Crippen MR) is 64.3 cm³/mol. The SMILES string of the molecule is CCC(C)(OC)C(=O)NC1CCCNC1C. The van der Waals surface area contributed by atoms with Crippen molar-refractivity contribution in [2.45, 2.75) is 57.7 Å². The monoisotopic (exact) mass is 228 g/mol. The van der Waals surface area contributed by atoms with Gasteiger partial charge in [-0.3, -0.25) is 4.79 Å². The lowest BCUT2D eigenvalue weighted by molar-refractivity contribution is -0.143. The highest BCUT2D eigenvalue weighted by Gasteiger charge is 2.33. The topological polar surface area (TPSA) is 50.4 Å². The van der Waals surface area contributed by atoms with Gasteiger partial charge in [0, 0.05) is 19.2 Å². The summed E-state index contributed by atoms with van der Waals surface area (Å²) in [6.45, 7) is 6.96. The quantitative estimate of drug-likeness (QED) is 0.756. The molecule has 0 saturated carbocycles. The van der Waals surface area contributed by atoms with Gasteiger partial charge in [-0.2, -0.15) is 0 Å². The van der Waals surface area contributed by atoms with Gasteiger partial charge in [0.25, 0.3) is 5.91 Å². The predicted octanol–water partition coefficient (Wildman–Crippen LogP) is 1.06. The van der Waals surface area contributed by atoms with Gasteiger partial charge in [-0.05, 0) is 39.7 Å². The third-order valence-electron chi connectivity index (χ3n) is 3.68. The van der Waals surface area contributed by atoms with E-state index in [-0.39, 0.29) is 11.9 Å². The third-order valence-corrected chi connectivity index (χ3v) is 3.68. The van der Waals surface area contributed by atoms with E-state index in [0.717, 1.165) is 19.4 Å². The van der Waals surface area contributed by atoms with Crippen LogP contribution < -0.4 is 10.6 Å². The number of amides is 1. The Balaban J connectivity index is 2.55. The van der Waals surface area contributed by atoms with Crippen LogP contribution in [-0.2, 0) is 9.53 Å². The summed E-state index contributed by atoms with van der Waals surface area (Å²) < 4.78 is 5.29. The molecule has 0 aromatic rings. The van der Waals surface area contributed by atoms with E-state index in [4.69, 9.17) is 4.74 Å². The molecular weight excluding hydrogens is 204 g/mol. The van der Waals surface area contributed by atoms with Crippen LogP contribution in [0.25, 0.3) is 0 Å². The standard InChI is InChI=1S/C12H24N2O2/c1-5-12(3,16-4)11(15)14-10-7-6-8-13-9(10)2/h9-10,13H,5-8H2,1-4H3,(H,14,15). The lowest BCUT2D eigenvalue weighted by Crippen LogP contribution is -2.56. The summed E-state index contributed by atoms with van der Waals surface area (Å²) in [5, 5.41) is 6.45. The summed E-state index contributed by atoms with van der Waals surface area (Å²) in [7, 11) is 1.59. The minimum absolute atomic E-state index is 0.00181. The highest BCUT2D eigenvalue weighted by atomic mass is 16.5. The van der Waals surface area contributed by atoms with Crippen molar-refractivity contribution in [1.82, 2.24) is 10.6 Å². The molecule has 1 rings (SSSR count). The number of ether oxygens (including phenoxy) is 1. The van der Waals surface area contributed by atoms with E-state index in [0.29, 0.717) is 12.5 Å². The first kappa shape index (κ1) is 13.5. The molecule has 0 radical (unpaired) electrons. The van der Waals surface area contributed by atoms with Crippen molar-refractivity contribution in [2.24, 2.45) is 0 Å². The molecule has 3 unspecified atom stereocenters. The summed E-state index contributed by atoms with van der Waals surface area (Å²) in [6.07, 6.45) is 2.85. The van der Waals surface area contributed by atoms with Crippen LogP contribution in [0.15, 0.2) is 0 Å². The van der Waals surface area contributed by atoms with Crippen LogP contribution in [0.5, 0.6) is 0 Å². The molecule has 1 heterocycles. The number of nitrogens with one attached hydrogen (secondary N) is 2. The molecule has 2 N–H and O–H groups in total. The van der Waals surface area contributed by atoms with Crippen LogP contribution in [0.4, 0.5) is 0 Å². The van der Waals surface area contributed by atoms with E-state index < -0.39 is 5.60 Å². The van der Waals surface area contributed by atoms with Gasteiger partial charge in [0.2, 0.25) is 0 Å². The van der Waals surface area contributed by atoms with Gasteiger partial charge in [-0.25, -0.2) is 0 Å². The fourth-order valence-corrected chi connectivity index (χ4v) is 1.96. The van der Waals surface area contributed by atoms with E-state index >= 15 is 0 Å². The Labute approximate surface area is 98.1 Å². The molecule has 0 aromatic carbocycles. The number of methoxy groups -OCH3 is 1. The zero-order valence-corrected chi connectivity index (χ0v) is 10.8. The largest absolute Gasteiger partial charge is 0.369 e. The molecule has 1 aliphatic rings. The van der Waals surface area contributed by atoms with Crippen LogP contribution in [0, 0.1) is 0 Å². The number of piperidine rings is 1. The molecule has 3 atom stereocenters. The Morgan fingerprint density at radius 2 is 2.31 bits per heavy atom. The molecule has 1 saturated heterocycles. The van der Waals surface area contributed by atoms with E-state index in [1.54, 1.807) is 7.11 Å². The Hall–Kier alpha value is -0.610. The average molecular weight is 228 g/mol. The minimum atomic E-state index is -0.697. The Morgan fingerprint density at radius 1 is 1.62 bits per heavy atom. The van der Waals surface area contributed by atoms with Crippen LogP contribution in [0.1, 0.15) is 40.0 Å². The van der Waals surface area contributed by atoms with Crippen LogP contribution in [-0.4, -0.2) is 37.2 Å². The van der Waals surface area contributed by atoms with Crippen molar-refractivity contribution in [3.8, 4) is 0 Å². The smallest absolute Gasteiger partial charge is 0.252 e. The Morgan fingerprint density at radius 3 is 2.81 bits per heavy atom. The maximum absolute atomic E-state index is 12.1. The summed E-state index contributed by atoms with van der Waals surface area (Å²) in [5.74, 6) is -0.00181. The van der Waals surface area contributed by atoms with E-state index in [1.165, 1.54) is 0 Å². The fourth-order valence-electron chi connectivity index (χ4n) is 1.96. The molecule has 94 valence electrons. The minimum Gasteiger partial charge on any atom is -0.369 e. The zero-order valence-electron chi connectivity index (χ0n) is 10.8. The Kier molecular flexibility index (Phi) is 4.74. The van der Waals surface area contributed by atoms with Crippen molar-refractivity contribution in [3.05, 3.63) is 0 Å². The van der Waals surface area contributed by atoms with Gasteiger partial charge in [-0.15, -0.1) is 0 Å². The normalized spacial score (nSPS) is 29.5. The van der Waals surface area contributed by atoms with Crippen LogP contribution in [0.2, 0.25) is 0 Å². The van der Waals surface area contributed by atoms with E-state index in [1.807, 2.05) is 13.8 Å². The molecule has 0 aliphatic carbocycles. The second-order valence-electron chi connectivity index (χ2n) is 4.75. The molecule has 0 bridgehead atoms. The first-order chi connectivity index (χ1) is 7.53. The van der Waals surface area contributed by atoms with E-state index in [2.05, 4.69) is 17.6 Å². The first-order valence-electron chi connectivity index (χ1n) is 6.13. The van der Waals surface area contributed by atoms with Gasteiger partial charge in [0.05, 0.1) is 0 Å². The second kappa shape index (κ2) is 5.64. The third kappa shape index (κ3) is 2.95. The maximum atomic E-state index is 12.1. The molecular formula is C12H24N2O2. The summed E-state index contributed by atoms with van der Waals surface area (Å²) in [4.78, 5) is 12.1. The van der Waals surface area contributed by atoms with Gasteiger partial charge in [0.1, 0.15) is 5.60 Å². The average Bonchev–Trinajstić information content (AvgIpc) is 2.31. The first-order valence-corrected chi connectivity index (χ1v) is 6.13. The van der Waals surface area contributed by atoms with Gasteiger partial charge >= 0.3 is 0 Å². The molecule has 16 heavy (non-hydrogen) atoms. The molecule has 1 amide bonds. The summed E-state index contributed by atoms with van der Waals surface area (Å²) in [6, 6.07) is 0.568. The van der Waals surface area contributed by atoms with Gasteiger partial charge < -0.3 is 15.4 Å². The maximum Gasteiger partial charge on any atom is 0.252 e. The molecule has 1 fully saturated rings. The van der Waals surface area contributed by atoms with Gasteiger partial charge in [0.15, 0.2) is 0 Å². The lowest BCUT2D eigenvalue weighted by Gasteiger charge is -2.34. The van der Waals surface area contributed by atoms with Crippen molar-refractivity contribution in [1.29, 1.82) is 0 Å². The summed E-state index contributed by atoms with van der Waals surface area (Å²) in [5.41, 5.74) is -0.697. The molecule has 0 aromatic heterocycles. The van der Waals surface area contributed by atoms with Crippen molar-refractivity contribution in [2.75, 3.05) is 13.7 Å². The van der Waals surface area contributed by atoms with Crippen molar-refractivity contribution in [3.63, 3.8) is 0 Å². The number of rotatable bonds is 4. The zero-order chi connectivity index (χ0) is 12.2. The molecule has 1 aliphatic heterocycles. The molecule has 0 spiro atoms. The molecule has 4 nitrogen and oxygen atoms in total. The van der Waals surface area contributed by atoms with Crippen molar-refractivity contribution < 1.29 is 9.53 Å². The fraction of sp³-hybridized carbons (Fsp3) is 0.917. The van der Waals surface area contributed by atoms with Crippen LogP contribution >= 0.6 is 0 Å². The Bertz CT molecular complexity index is 239. The number of hydrogen-bond donors (Lipinski definition) is 2. The highest BCUT2D eigenvalue weighted by molar-refractivity contribution is 5.85. The number of hydrogen-bond acceptors (Lipinski definition) is 3. The highest BCUT2D eigenvalue weighted by Crippen LogP contribution is 2.16. The second-order valence-corrected chi connectivity index (χ2v) is 4.75. The summed E-state index contributed by atoms with van der Waals surface area (Å²) >= 11 is 0. The van der Waals surface area contributed by atoms with Crippen LogP contribution in [0.3, 0.4) is 0 Å². The van der Waals surface area contributed by atoms with E-state index in [9.17, 15) is 4.79 Å². The number of carbonyl (C=O) groups excluding carboxylic acids is 1.